The molecule has 0 spiro atoms. The van der Waals surface area contributed by atoms with Crippen molar-refractivity contribution in [2.45, 2.75) is 35.0 Å². The van der Waals surface area contributed by atoms with E-state index in [-0.39, 0.29) is 6.04 Å². The third kappa shape index (κ3) is 3.68. The zero-order valence-corrected chi connectivity index (χ0v) is 12.4. The Balaban J connectivity index is 2.10. The minimum Gasteiger partial charge on any atom is -0.327 e. The fourth-order valence-electron chi connectivity index (χ4n) is 1.50. The van der Waals surface area contributed by atoms with E-state index in [2.05, 4.69) is 22.3 Å². The summed E-state index contributed by atoms with van der Waals surface area (Å²) in [6, 6.07) is 6.28. The first-order valence-electron chi connectivity index (χ1n) is 5.67. The first-order chi connectivity index (χ1) is 8.69. The van der Waals surface area contributed by atoms with Crippen LogP contribution in [-0.2, 0) is 6.42 Å². The van der Waals surface area contributed by atoms with Crippen LogP contribution in [0.3, 0.4) is 0 Å². The SMILES string of the molecule is CCC(N)Cc1ccc(Sc2ncns2)c(Cl)c1. The van der Waals surface area contributed by atoms with Gasteiger partial charge in [0.15, 0.2) is 4.34 Å². The zero-order chi connectivity index (χ0) is 13.0. The predicted molar refractivity (Wildman–Crippen MR) is 77.5 cm³/mol. The van der Waals surface area contributed by atoms with Crippen LogP contribution in [-0.4, -0.2) is 15.4 Å². The molecule has 96 valence electrons. The van der Waals surface area contributed by atoms with Crippen molar-refractivity contribution in [2.75, 3.05) is 0 Å². The molecule has 18 heavy (non-hydrogen) atoms. The number of halogens is 1. The highest BCUT2D eigenvalue weighted by molar-refractivity contribution is 8.01. The Morgan fingerprint density at radius 2 is 2.33 bits per heavy atom. The monoisotopic (exact) mass is 299 g/mol. The van der Waals surface area contributed by atoms with E-state index in [1.165, 1.54) is 28.9 Å². The molecule has 0 saturated heterocycles. The summed E-state index contributed by atoms with van der Waals surface area (Å²) in [6.07, 6.45) is 3.38. The highest BCUT2D eigenvalue weighted by atomic mass is 35.5. The van der Waals surface area contributed by atoms with Crippen LogP contribution in [0.25, 0.3) is 0 Å². The second kappa shape index (κ2) is 6.52. The van der Waals surface area contributed by atoms with Crippen LogP contribution in [0, 0.1) is 0 Å². The summed E-state index contributed by atoms with van der Waals surface area (Å²) < 4.78 is 4.86. The second-order valence-corrected chi connectivity index (χ2v) is 6.42. The van der Waals surface area contributed by atoms with E-state index >= 15 is 0 Å². The fourth-order valence-corrected chi connectivity index (χ4v) is 3.23. The predicted octanol–water partition coefficient (Wildman–Crippen LogP) is 3.62. The Bertz CT molecular complexity index is 502. The Labute approximate surface area is 120 Å². The number of nitrogens with zero attached hydrogens (tertiary/aromatic N) is 2. The molecular formula is C12H14ClN3S2. The molecule has 1 heterocycles. The van der Waals surface area contributed by atoms with Crippen molar-refractivity contribution >= 4 is 34.9 Å². The summed E-state index contributed by atoms with van der Waals surface area (Å²) in [5.41, 5.74) is 7.11. The van der Waals surface area contributed by atoms with Gasteiger partial charge in [-0.05, 0) is 42.1 Å². The van der Waals surface area contributed by atoms with Crippen molar-refractivity contribution in [1.82, 2.24) is 9.36 Å². The first-order valence-corrected chi connectivity index (χ1v) is 7.64. The number of rotatable bonds is 5. The van der Waals surface area contributed by atoms with E-state index in [0.29, 0.717) is 0 Å². The molecule has 1 unspecified atom stereocenters. The van der Waals surface area contributed by atoms with Gasteiger partial charge in [-0.1, -0.05) is 36.4 Å². The van der Waals surface area contributed by atoms with E-state index < -0.39 is 0 Å². The molecule has 0 fully saturated rings. The van der Waals surface area contributed by atoms with Crippen molar-refractivity contribution < 1.29 is 0 Å². The summed E-state index contributed by atoms with van der Waals surface area (Å²) in [7, 11) is 0. The topological polar surface area (TPSA) is 51.8 Å². The third-order valence-electron chi connectivity index (χ3n) is 2.56. The summed E-state index contributed by atoms with van der Waals surface area (Å²) >= 11 is 9.17. The zero-order valence-electron chi connectivity index (χ0n) is 9.97. The van der Waals surface area contributed by atoms with Gasteiger partial charge in [0.05, 0.1) is 5.02 Å². The van der Waals surface area contributed by atoms with E-state index in [0.717, 1.165) is 27.1 Å². The largest absolute Gasteiger partial charge is 0.327 e. The quantitative estimate of drug-likeness (QED) is 0.916. The highest BCUT2D eigenvalue weighted by Crippen LogP contribution is 2.34. The number of hydrogen-bond acceptors (Lipinski definition) is 5. The van der Waals surface area contributed by atoms with Crippen LogP contribution in [0.5, 0.6) is 0 Å². The summed E-state index contributed by atoms with van der Waals surface area (Å²) in [6.45, 7) is 2.09. The molecule has 0 aliphatic heterocycles. The fraction of sp³-hybridized carbons (Fsp3) is 0.333. The van der Waals surface area contributed by atoms with Crippen LogP contribution in [0.1, 0.15) is 18.9 Å². The first kappa shape index (κ1) is 13.8. The smallest absolute Gasteiger partial charge is 0.174 e. The van der Waals surface area contributed by atoms with Crippen LogP contribution in [0.2, 0.25) is 5.02 Å². The Hall–Kier alpha value is -0.620. The molecule has 0 aliphatic carbocycles. The van der Waals surface area contributed by atoms with Crippen LogP contribution >= 0.6 is 34.9 Å². The van der Waals surface area contributed by atoms with Crippen LogP contribution in [0.4, 0.5) is 0 Å². The molecule has 0 saturated carbocycles. The van der Waals surface area contributed by atoms with Gasteiger partial charge in [0.25, 0.3) is 0 Å². The molecule has 0 amide bonds. The molecular weight excluding hydrogens is 286 g/mol. The van der Waals surface area contributed by atoms with Crippen molar-refractivity contribution in [3.8, 4) is 0 Å². The number of hydrogen-bond donors (Lipinski definition) is 1. The summed E-state index contributed by atoms with van der Waals surface area (Å²) in [5.74, 6) is 0. The molecule has 1 atom stereocenters. The lowest BCUT2D eigenvalue weighted by atomic mass is 10.1. The molecule has 6 heteroatoms. The van der Waals surface area contributed by atoms with E-state index in [4.69, 9.17) is 17.3 Å². The van der Waals surface area contributed by atoms with Crippen LogP contribution < -0.4 is 5.73 Å². The van der Waals surface area contributed by atoms with Gasteiger partial charge < -0.3 is 5.73 Å². The maximum atomic E-state index is 6.27. The second-order valence-electron chi connectivity index (χ2n) is 3.95. The molecule has 2 aromatic rings. The molecule has 2 rings (SSSR count). The molecule has 2 N–H and O–H groups in total. The minimum absolute atomic E-state index is 0.197. The van der Waals surface area contributed by atoms with Gasteiger partial charge in [0.2, 0.25) is 0 Å². The molecule has 0 aliphatic rings. The van der Waals surface area contributed by atoms with Gasteiger partial charge in [0, 0.05) is 10.9 Å². The maximum Gasteiger partial charge on any atom is 0.174 e. The highest BCUT2D eigenvalue weighted by Gasteiger charge is 2.08. The minimum atomic E-state index is 0.197. The molecule has 1 aromatic heterocycles. The normalized spacial score (nSPS) is 12.6. The van der Waals surface area contributed by atoms with E-state index in [1.807, 2.05) is 12.1 Å². The molecule has 0 radical (unpaired) electrons. The van der Waals surface area contributed by atoms with E-state index in [1.54, 1.807) is 6.33 Å². The summed E-state index contributed by atoms with van der Waals surface area (Å²) in [4.78, 5) is 5.13. The molecule has 1 aromatic carbocycles. The Morgan fingerprint density at radius 3 is 2.94 bits per heavy atom. The average Bonchev–Trinajstić information content (AvgIpc) is 2.85. The van der Waals surface area contributed by atoms with Gasteiger partial charge in [0.1, 0.15) is 6.33 Å². The average molecular weight is 300 g/mol. The van der Waals surface area contributed by atoms with Crippen LogP contribution in [0.15, 0.2) is 33.8 Å². The standard InChI is InChI=1S/C12H14ClN3S2/c1-2-9(14)5-8-3-4-11(10(13)6-8)17-12-15-7-16-18-12/h3-4,6-7,9H,2,5,14H2,1H3. The Kier molecular flexibility index (Phi) is 5.00. The number of nitrogens with two attached hydrogens (primary N) is 1. The lowest BCUT2D eigenvalue weighted by molar-refractivity contribution is 0.646. The van der Waals surface area contributed by atoms with Gasteiger partial charge in [-0.3, -0.25) is 0 Å². The maximum absolute atomic E-state index is 6.27. The van der Waals surface area contributed by atoms with Gasteiger partial charge in [-0.2, -0.15) is 4.37 Å². The lowest BCUT2D eigenvalue weighted by Crippen LogP contribution is -2.21. The summed E-state index contributed by atoms with van der Waals surface area (Å²) in [5, 5.41) is 0.746. The van der Waals surface area contributed by atoms with Crippen molar-refractivity contribution in [3.05, 3.63) is 35.1 Å². The van der Waals surface area contributed by atoms with Gasteiger partial charge in [-0.15, -0.1) is 0 Å². The van der Waals surface area contributed by atoms with E-state index in [9.17, 15) is 0 Å². The number of aromatic nitrogens is 2. The van der Waals surface area contributed by atoms with Crippen molar-refractivity contribution in [3.63, 3.8) is 0 Å². The van der Waals surface area contributed by atoms with Gasteiger partial charge in [-0.25, -0.2) is 4.98 Å². The molecule has 3 nitrogen and oxygen atoms in total. The molecule has 0 bridgehead atoms. The van der Waals surface area contributed by atoms with Gasteiger partial charge >= 0.3 is 0 Å². The number of benzene rings is 1. The lowest BCUT2D eigenvalue weighted by Gasteiger charge is -2.10. The Morgan fingerprint density at radius 1 is 1.50 bits per heavy atom. The van der Waals surface area contributed by atoms with Crippen molar-refractivity contribution in [2.24, 2.45) is 5.73 Å². The third-order valence-corrected chi connectivity index (χ3v) is 4.77. The van der Waals surface area contributed by atoms with Crippen molar-refractivity contribution in [1.29, 1.82) is 0 Å².